The quantitative estimate of drug-likeness (QED) is 0.874. The van der Waals surface area contributed by atoms with Gasteiger partial charge in [0, 0.05) is 11.6 Å². The van der Waals surface area contributed by atoms with Crippen LogP contribution in [0.4, 0.5) is 0 Å². The van der Waals surface area contributed by atoms with Gasteiger partial charge >= 0.3 is 0 Å². The summed E-state index contributed by atoms with van der Waals surface area (Å²) in [4.78, 5) is 0. The van der Waals surface area contributed by atoms with Gasteiger partial charge in [0.05, 0.1) is 11.4 Å². The molecule has 1 aromatic rings. The van der Waals surface area contributed by atoms with Gasteiger partial charge in [0.1, 0.15) is 5.75 Å². The van der Waals surface area contributed by atoms with Crippen LogP contribution in [0.1, 0.15) is 46.2 Å². The molecule has 1 N–H and O–H groups in total. The molecule has 0 aromatic heterocycles. The average molecular weight is 285 g/mol. The van der Waals surface area contributed by atoms with Crippen molar-refractivity contribution in [2.45, 2.75) is 52.0 Å². The molecule has 0 aliphatic heterocycles. The maximum atomic E-state index is 11.9. The Morgan fingerprint density at radius 1 is 1.05 bits per heavy atom. The van der Waals surface area contributed by atoms with Crippen LogP contribution in [-0.2, 0) is 10.0 Å². The topological polar surface area (TPSA) is 55.4 Å². The minimum atomic E-state index is -3.30. The van der Waals surface area contributed by atoms with E-state index in [2.05, 4.69) is 4.72 Å². The number of rotatable bonds is 6. The van der Waals surface area contributed by atoms with E-state index in [4.69, 9.17) is 4.74 Å². The van der Waals surface area contributed by atoms with E-state index >= 15 is 0 Å². The fraction of sp³-hybridized carbons (Fsp3) is 0.571. The Balaban J connectivity index is 2.97. The van der Waals surface area contributed by atoms with Crippen molar-refractivity contribution < 1.29 is 13.2 Å². The van der Waals surface area contributed by atoms with Crippen molar-refractivity contribution in [3.63, 3.8) is 0 Å². The van der Waals surface area contributed by atoms with E-state index in [0.717, 1.165) is 11.3 Å². The number of hydrogen-bond donors (Lipinski definition) is 1. The van der Waals surface area contributed by atoms with Crippen LogP contribution in [0.2, 0.25) is 0 Å². The van der Waals surface area contributed by atoms with Gasteiger partial charge in [-0.3, -0.25) is 0 Å². The Morgan fingerprint density at radius 2 is 1.63 bits per heavy atom. The van der Waals surface area contributed by atoms with E-state index in [-0.39, 0.29) is 12.1 Å². The maximum absolute atomic E-state index is 11.9. The van der Waals surface area contributed by atoms with Gasteiger partial charge < -0.3 is 4.74 Å². The first-order valence-electron chi connectivity index (χ1n) is 6.50. The summed E-state index contributed by atoms with van der Waals surface area (Å²) >= 11 is 0. The molecule has 5 heteroatoms. The Bertz CT molecular complexity index is 509. The van der Waals surface area contributed by atoms with Crippen LogP contribution in [-0.4, -0.2) is 19.8 Å². The van der Waals surface area contributed by atoms with Crippen LogP contribution in [0.15, 0.2) is 24.3 Å². The van der Waals surface area contributed by atoms with Crippen molar-refractivity contribution >= 4 is 10.0 Å². The Hall–Kier alpha value is -1.07. The van der Waals surface area contributed by atoms with Crippen LogP contribution in [0.25, 0.3) is 0 Å². The molecule has 0 aliphatic carbocycles. The van der Waals surface area contributed by atoms with E-state index in [0.29, 0.717) is 0 Å². The maximum Gasteiger partial charge on any atom is 0.214 e. The number of para-hydroxylation sites is 1. The van der Waals surface area contributed by atoms with Gasteiger partial charge in [0.15, 0.2) is 0 Å². The van der Waals surface area contributed by atoms with E-state index in [1.54, 1.807) is 13.8 Å². The summed E-state index contributed by atoms with van der Waals surface area (Å²) in [7, 11) is -3.30. The SMILES string of the molecule is CC(C)Oc1ccccc1C(C)NS(=O)(=O)C(C)C. The molecule has 1 rings (SSSR count). The molecule has 108 valence electrons. The van der Waals surface area contributed by atoms with Gasteiger partial charge in [-0.2, -0.15) is 0 Å². The summed E-state index contributed by atoms with van der Waals surface area (Å²) in [5.41, 5.74) is 0.848. The fourth-order valence-electron chi connectivity index (χ4n) is 1.65. The summed E-state index contributed by atoms with van der Waals surface area (Å²) in [6, 6.07) is 7.18. The highest BCUT2D eigenvalue weighted by molar-refractivity contribution is 7.90. The van der Waals surface area contributed by atoms with Crippen molar-refractivity contribution in [1.29, 1.82) is 0 Å². The lowest BCUT2D eigenvalue weighted by Crippen LogP contribution is -2.33. The Kier molecular flexibility index (Phi) is 5.38. The van der Waals surface area contributed by atoms with Crippen molar-refractivity contribution in [1.82, 2.24) is 4.72 Å². The predicted octanol–water partition coefficient (Wildman–Crippen LogP) is 2.86. The highest BCUT2D eigenvalue weighted by atomic mass is 32.2. The van der Waals surface area contributed by atoms with Crippen molar-refractivity contribution in [3.05, 3.63) is 29.8 Å². The van der Waals surface area contributed by atoms with Gasteiger partial charge in [-0.25, -0.2) is 13.1 Å². The molecular formula is C14H23NO3S. The smallest absolute Gasteiger partial charge is 0.214 e. The molecular weight excluding hydrogens is 262 g/mol. The van der Waals surface area contributed by atoms with Crippen LogP contribution in [0, 0.1) is 0 Å². The summed E-state index contributed by atoms with van der Waals surface area (Å²) in [6.07, 6.45) is 0.0510. The molecule has 0 amide bonds. The largest absolute Gasteiger partial charge is 0.491 e. The Labute approximate surface area is 116 Å². The minimum absolute atomic E-state index is 0.0510. The molecule has 19 heavy (non-hydrogen) atoms. The normalized spacial score (nSPS) is 13.8. The number of nitrogens with one attached hydrogen (secondary N) is 1. The third-order valence-corrected chi connectivity index (χ3v) is 4.63. The van der Waals surface area contributed by atoms with E-state index in [1.165, 1.54) is 0 Å². The van der Waals surface area contributed by atoms with Crippen molar-refractivity contribution in [3.8, 4) is 5.75 Å². The monoisotopic (exact) mass is 285 g/mol. The molecule has 0 heterocycles. The lowest BCUT2D eigenvalue weighted by atomic mass is 10.1. The fourth-order valence-corrected chi connectivity index (χ4v) is 2.54. The first-order chi connectivity index (χ1) is 8.74. The lowest BCUT2D eigenvalue weighted by molar-refractivity contribution is 0.238. The molecule has 1 aromatic carbocycles. The standard InChI is InChI=1S/C14H23NO3S/c1-10(2)18-14-9-7-6-8-13(14)12(5)15-19(16,17)11(3)4/h6-12,15H,1-5H3. The van der Waals surface area contributed by atoms with Gasteiger partial charge in [0.2, 0.25) is 10.0 Å². The lowest BCUT2D eigenvalue weighted by Gasteiger charge is -2.20. The first kappa shape index (κ1) is 16.0. The summed E-state index contributed by atoms with van der Waals surface area (Å²) < 4.78 is 32.2. The van der Waals surface area contributed by atoms with Gasteiger partial charge in [-0.1, -0.05) is 18.2 Å². The second-order valence-electron chi connectivity index (χ2n) is 5.14. The van der Waals surface area contributed by atoms with Gasteiger partial charge in [-0.05, 0) is 40.7 Å². The number of sulfonamides is 1. The molecule has 0 bridgehead atoms. The molecule has 1 unspecified atom stereocenters. The molecule has 4 nitrogen and oxygen atoms in total. The molecule has 0 saturated carbocycles. The molecule has 0 fully saturated rings. The summed E-state index contributed by atoms with van der Waals surface area (Å²) in [5.74, 6) is 0.719. The van der Waals surface area contributed by atoms with Crippen LogP contribution in [0.3, 0.4) is 0 Å². The zero-order valence-electron chi connectivity index (χ0n) is 12.2. The zero-order valence-corrected chi connectivity index (χ0v) is 13.0. The van der Waals surface area contributed by atoms with Crippen LogP contribution < -0.4 is 9.46 Å². The highest BCUT2D eigenvalue weighted by Gasteiger charge is 2.21. The predicted molar refractivity (Wildman–Crippen MR) is 77.8 cm³/mol. The van der Waals surface area contributed by atoms with Crippen molar-refractivity contribution in [2.75, 3.05) is 0 Å². The van der Waals surface area contributed by atoms with Gasteiger partial charge in [-0.15, -0.1) is 0 Å². The van der Waals surface area contributed by atoms with E-state index in [9.17, 15) is 8.42 Å². The number of ether oxygens (including phenoxy) is 1. The third kappa shape index (κ3) is 4.51. The Morgan fingerprint density at radius 3 is 2.16 bits per heavy atom. The molecule has 0 spiro atoms. The second-order valence-corrected chi connectivity index (χ2v) is 7.41. The average Bonchev–Trinajstić information content (AvgIpc) is 2.27. The molecule has 0 saturated heterocycles. The number of benzene rings is 1. The third-order valence-electron chi connectivity index (χ3n) is 2.71. The molecule has 1 atom stereocenters. The van der Waals surface area contributed by atoms with Gasteiger partial charge in [0.25, 0.3) is 0 Å². The number of hydrogen-bond acceptors (Lipinski definition) is 3. The minimum Gasteiger partial charge on any atom is -0.491 e. The summed E-state index contributed by atoms with van der Waals surface area (Å²) in [6.45, 7) is 9.03. The van der Waals surface area contributed by atoms with Crippen LogP contribution >= 0.6 is 0 Å². The van der Waals surface area contributed by atoms with Crippen molar-refractivity contribution in [2.24, 2.45) is 0 Å². The second kappa shape index (κ2) is 6.39. The summed E-state index contributed by atoms with van der Waals surface area (Å²) in [5, 5.41) is -0.451. The van der Waals surface area contributed by atoms with Crippen LogP contribution in [0.5, 0.6) is 5.75 Å². The molecule has 0 aliphatic rings. The zero-order chi connectivity index (χ0) is 14.6. The highest BCUT2D eigenvalue weighted by Crippen LogP contribution is 2.26. The molecule has 0 radical (unpaired) electrons. The first-order valence-corrected chi connectivity index (χ1v) is 8.05. The van der Waals surface area contributed by atoms with E-state index in [1.807, 2.05) is 45.0 Å². The van der Waals surface area contributed by atoms with E-state index < -0.39 is 15.3 Å².